The zero-order valence-electron chi connectivity index (χ0n) is 13.5. The molecule has 0 saturated carbocycles. The van der Waals surface area contributed by atoms with Gasteiger partial charge in [-0.1, -0.05) is 12.1 Å². The molecule has 7 heteroatoms. The summed E-state index contributed by atoms with van der Waals surface area (Å²) in [6, 6.07) is 14.4. The molecule has 1 aliphatic rings. The third kappa shape index (κ3) is 3.67. The molecule has 0 unspecified atom stereocenters. The van der Waals surface area contributed by atoms with Crippen molar-refractivity contribution in [2.24, 2.45) is 0 Å². The monoisotopic (exact) mass is 332 g/mol. The topological polar surface area (TPSA) is 96.0 Å². The van der Waals surface area contributed by atoms with Crippen LogP contribution in [0.1, 0.15) is 11.1 Å². The highest BCUT2D eigenvalue weighted by atomic mass is 16.2. The normalized spacial score (nSPS) is 13.7. The second-order valence-electron chi connectivity index (χ2n) is 5.58. The number of hydrogen-bond donors (Lipinski definition) is 1. The fourth-order valence-corrected chi connectivity index (χ4v) is 2.66. The first-order valence-electron chi connectivity index (χ1n) is 7.87. The van der Waals surface area contributed by atoms with Crippen LogP contribution in [0.2, 0.25) is 0 Å². The predicted molar refractivity (Wildman–Crippen MR) is 92.9 cm³/mol. The third-order valence-corrected chi connectivity index (χ3v) is 4.06. The lowest BCUT2D eigenvalue weighted by molar-refractivity contribution is 0.208. The Labute approximate surface area is 145 Å². The average molecular weight is 332 g/mol. The Bertz CT molecular complexity index is 841. The van der Waals surface area contributed by atoms with Gasteiger partial charge in [0, 0.05) is 32.4 Å². The second kappa shape index (κ2) is 7.33. The van der Waals surface area contributed by atoms with Crippen LogP contribution in [0.15, 0.2) is 42.6 Å². The molecule has 2 heterocycles. The molecular weight excluding hydrogens is 316 g/mol. The SMILES string of the molecule is N#Cc1ccc(N2CCN(C(=O)Nc3ccccc3C#N)CC2)nc1. The van der Waals surface area contributed by atoms with Gasteiger partial charge < -0.3 is 15.1 Å². The Morgan fingerprint density at radius 1 is 1.04 bits per heavy atom. The number of urea groups is 1. The molecular formula is C18H16N6O. The molecule has 0 radical (unpaired) electrons. The van der Waals surface area contributed by atoms with Crippen molar-refractivity contribution in [1.29, 1.82) is 10.5 Å². The molecule has 2 amide bonds. The molecule has 0 atom stereocenters. The maximum absolute atomic E-state index is 12.4. The number of carbonyl (C=O) groups excluding carboxylic acids is 1. The van der Waals surface area contributed by atoms with Gasteiger partial charge in [-0.3, -0.25) is 0 Å². The van der Waals surface area contributed by atoms with E-state index in [1.165, 1.54) is 0 Å². The Kier molecular flexibility index (Phi) is 4.77. The maximum atomic E-state index is 12.4. The first kappa shape index (κ1) is 16.3. The van der Waals surface area contributed by atoms with Crippen molar-refractivity contribution in [3.63, 3.8) is 0 Å². The van der Waals surface area contributed by atoms with Crippen molar-refractivity contribution in [2.45, 2.75) is 0 Å². The second-order valence-corrected chi connectivity index (χ2v) is 5.58. The van der Waals surface area contributed by atoms with Crippen molar-refractivity contribution in [3.8, 4) is 12.1 Å². The van der Waals surface area contributed by atoms with Crippen LogP contribution in [0.3, 0.4) is 0 Å². The van der Waals surface area contributed by atoms with E-state index in [-0.39, 0.29) is 6.03 Å². The van der Waals surface area contributed by atoms with Crippen LogP contribution in [0.25, 0.3) is 0 Å². The molecule has 2 aromatic rings. The van der Waals surface area contributed by atoms with E-state index >= 15 is 0 Å². The molecule has 1 aliphatic heterocycles. The summed E-state index contributed by atoms with van der Waals surface area (Å²) >= 11 is 0. The number of carbonyl (C=O) groups is 1. The number of piperazine rings is 1. The number of hydrogen-bond acceptors (Lipinski definition) is 5. The summed E-state index contributed by atoms with van der Waals surface area (Å²) in [5.74, 6) is 0.800. The number of pyridine rings is 1. The molecule has 1 saturated heterocycles. The van der Waals surface area contributed by atoms with E-state index in [2.05, 4.69) is 21.3 Å². The smallest absolute Gasteiger partial charge is 0.322 e. The van der Waals surface area contributed by atoms with Gasteiger partial charge in [0.05, 0.1) is 16.8 Å². The Balaban J connectivity index is 1.59. The fraction of sp³-hybridized carbons (Fsp3) is 0.222. The van der Waals surface area contributed by atoms with E-state index in [1.54, 1.807) is 41.4 Å². The molecule has 7 nitrogen and oxygen atoms in total. The van der Waals surface area contributed by atoms with Gasteiger partial charge in [0.2, 0.25) is 0 Å². The number of nitrogens with zero attached hydrogens (tertiary/aromatic N) is 5. The highest BCUT2D eigenvalue weighted by Crippen LogP contribution is 2.17. The van der Waals surface area contributed by atoms with Gasteiger partial charge in [-0.25, -0.2) is 9.78 Å². The van der Waals surface area contributed by atoms with E-state index in [4.69, 9.17) is 10.5 Å². The van der Waals surface area contributed by atoms with Crippen molar-refractivity contribution < 1.29 is 4.79 Å². The minimum atomic E-state index is -0.213. The van der Waals surface area contributed by atoms with Gasteiger partial charge >= 0.3 is 6.03 Å². The fourth-order valence-electron chi connectivity index (χ4n) is 2.66. The minimum Gasteiger partial charge on any atom is -0.353 e. The first-order valence-corrected chi connectivity index (χ1v) is 7.87. The van der Waals surface area contributed by atoms with Crippen LogP contribution in [0.4, 0.5) is 16.3 Å². The summed E-state index contributed by atoms with van der Waals surface area (Å²) in [5.41, 5.74) is 1.49. The number of aromatic nitrogens is 1. The molecule has 3 rings (SSSR count). The van der Waals surface area contributed by atoms with E-state index in [0.29, 0.717) is 43.0 Å². The lowest BCUT2D eigenvalue weighted by Gasteiger charge is -2.35. The van der Waals surface area contributed by atoms with E-state index in [9.17, 15) is 4.79 Å². The highest BCUT2D eigenvalue weighted by molar-refractivity contribution is 5.91. The van der Waals surface area contributed by atoms with Gasteiger partial charge in [0.15, 0.2) is 0 Å². The summed E-state index contributed by atoms with van der Waals surface area (Å²) in [6.07, 6.45) is 1.55. The summed E-state index contributed by atoms with van der Waals surface area (Å²) in [4.78, 5) is 20.5. The zero-order valence-corrected chi connectivity index (χ0v) is 13.5. The largest absolute Gasteiger partial charge is 0.353 e. The summed E-state index contributed by atoms with van der Waals surface area (Å²) < 4.78 is 0. The zero-order chi connectivity index (χ0) is 17.6. The van der Waals surface area contributed by atoms with Crippen LogP contribution in [-0.4, -0.2) is 42.1 Å². The van der Waals surface area contributed by atoms with Crippen LogP contribution in [-0.2, 0) is 0 Å². The number of rotatable bonds is 2. The third-order valence-electron chi connectivity index (χ3n) is 4.06. The number of amides is 2. The van der Waals surface area contributed by atoms with Gasteiger partial charge in [0.1, 0.15) is 18.0 Å². The number of nitriles is 2. The lowest BCUT2D eigenvalue weighted by Crippen LogP contribution is -2.50. The van der Waals surface area contributed by atoms with Crippen LogP contribution >= 0.6 is 0 Å². The molecule has 1 fully saturated rings. The minimum absolute atomic E-state index is 0.213. The summed E-state index contributed by atoms with van der Waals surface area (Å²) in [5, 5.41) is 20.7. The first-order chi connectivity index (χ1) is 12.2. The van der Waals surface area contributed by atoms with Gasteiger partial charge in [0.25, 0.3) is 0 Å². The molecule has 25 heavy (non-hydrogen) atoms. The van der Waals surface area contributed by atoms with Crippen molar-refractivity contribution >= 4 is 17.5 Å². The number of anilines is 2. The predicted octanol–water partition coefficient (Wildman–Crippen LogP) is 2.18. The highest BCUT2D eigenvalue weighted by Gasteiger charge is 2.22. The Morgan fingerprint density at radius 3 is 2.44 bits per heavy atom. The lowest BCUT2D eigenvalue weighted by atomic mass is 10.2. The van der Waals surface area contributed by atoms with Gasteiger partial charge in [-0.15, -0.1) is 0 Å². The average Bonchev–Trinajstić information content (AvgIpc) is 2.68. The number of para-hydroxylation sites is 1. The molecule has 1 aromatic carbocycles. The Morgan fingerprint density at radius 2 is 1.80 bits per heavy atom. The van der Waals surface area contributed by atoms with Crippen LogP contribution in [0.5, 0.6) is 0 Å². The molecule has 124 valence electrons. The summed E-state index contributed by atoms with van der Waals surface area (Å²) in [6.45, 7) is 2.43. The molecule has 1 N–H and O–H groups in total. The van der Waals surface area contributed by atoms with Crippen molar-refractivity contribution in [3.05, 3.63) is 53.7 Å². The molecule has 0 bridgehead atoms. The van der Waals surface area contributed by atoms with Crippen LogP contribution in [0, 0.1) is 22.7 Å². The number of nitrogens with one attached hydrogen (secondary N) is 1. The van der Waals surface area contributed by atoms with Crippen LogP contribution < -0.4 is 10.2 Å². The van der Waals surface area contributed by atoms with Crippen molar-refractivity contribution in [1.82, 2.24) is 9.88 Å². The van der Waals surface area contributed by atoms with E-state index < -0.39 is 0 Å². The van der Waals surface area contributed by atoms with Crippen molar-refractivity contribution in [2.75, 3.05) is 36.4 Å². The maximum Gasteiger partial charge on any atom is 0.322 e. The number of benzene rings is 1. The Hall–Kier alpha value is -3.58. The summed E-state index contributed by atoms with van der Waals surface area (Å²) in [7, 11) is 0. The molecule has 0 spiro atoms. The molecule has 0 aliphatic carbocycles. The van der Waals surface area contributed by atoms with Gasteiger partial charge in [-0.2, -0.15) is 10.5 Å². The standard InChI is InChI=1S/C18H16N6O/c19-11-14-5-6-17(21-13-14)23-7-9-24(10-8-23)18(25)22-16-4-2-1-3-15(16)12-20/h1-6,13H,7-10H2,(H,22,25). The van der Waals surface area contributed by atoms with E-state index in [0.717, 1.165) is 5.82 Å². The molecule has 1 aromatic heterocycles. The quantitative estimate of drug-likeness (QED) is 0.909. The van der Waals surface area contributed by atoms with Gasteiger partial charge in [-0.05, 0) is 24.3 Å². The van der Waals surface area contributed by atoms with E-state index in [1.807, 2.05) is 12.1 Å².